The van der Waals surface area contributed by atoms with Crippen LogP contribution in [0, 0.1) is 12.7 Å². The highest BCUT2D eigenvalue weighted by atomic mass is 19.1. The Morgan fingerprint density at radius 2 is 1.82 bits per heavy atom. The van der Waals surface area contributed by atoms with Gasteiger partial charge < -0.3 is 5.11 Å². The van der Waals surface area contributed by atoms with Gasteiger partial charge in [-0.25, -0.2) is 9.18 Å². The van der Waals surface area contributed by atoms with E-state index < -0.39 is 11.8 Å². The van der Waals surface area contributed by atoms with E-state index in [1.807, 2.05) is 0 Å². The molecular weight excluding hydrogens is 219 g/mol. The Hall–Kier alpha value is -2.16. The number of carboxylic acids is 1. The standard InChI is InChI=1S/C14H11FO2/c1-9-6-7-10(12(8-9)14(16)17)11-4-2-3-5-13(11)15/h2-8H,1H3,(H,16,17). The molecule has 0 aliphatic carbocycles. The van der Waals surface area contributed by atoms with Crippen LogP contribution in [0.4, 0.5) is 4.39 Å². The molecule has 0 saturated carbocycles. The Kier molecular flexibility index (Phi) is 2.91. The molecule has 0 aromatic heterocycles. The van der Waals surface area contributed by atoms with Gasteiger partial charge in [0.25, 0.3) is 0 Å². The summed E-state index contributed by atoms with van der Waals surface area (Å²) >= 11 is 0. The Labute approximate surface area is 98.3 Å². The lowest BCUT2D eigenvalue weighted by Crippen LogP contribution is -2.01. The topological polar surface area (TPSA) is 37.3 Å². The molecule has 2 aromatic carbocycles. The zero-order valence-electron chi connectivity index (χ0n) is 9.27. The van der Waals surface area contributed by atoms with Gasteiger partial charge >= 0.3 is 5.97 Å². The fourth-order valence-electron chi connectivity index (χ4n) is 1.75. The molecule has 0 saturated heterocycles. The zero-order valence-corrected chi connectivity index (χ0v) is 9.27. The van der Waals surface area contributed by atoms with E-state index in [9.17, 15) is 9.18 Å². The molecule has 2 nitrogen and oxygen atoms in total. The molecule has 2 rings (SSSR count). The average Bonchev–Trinajstić information content (AvgIpc) is 2.30. The molecule has 0 radical (unpaired) electrons. The summed E-state index contributed by atoms with van der Waals surface area (Å²) in [6.45, 7) is 1.80. The van der Waals surface area contributed by atoms with Crippen LogP contribution in [0.15, 0.2) is 42.5 Å². The molecule has 1 N–H and O–H groups in total. The van der Waals surface area contributed by atoms with Crippen molar-refractivity contribution in [1.29, 1.82) is 0 Å². The molecule has 0 bridgehead atoms. The van der Waals surface area contributed by atoms with Gasteiger partial charge in [0.05, 0.1) is 5.56 Å². The highest BCUT2D eigenvalue weighted by Gasteiger charge is 2.14. The van der Waals surface area contributed by atoms with Crippen LogP contribution >= 0.6 is 0 Å². The van der Waals surface area contributed by atoms with Crippen molar-refractivity contribution in [1.82, 2.24) is 0 Å². The van der Waals surface area contributed by atoms with E-state index in [1.165, 1.54) is 6.07 Å². The summed E-state index contributed by atoms with van der Waals surface area (Å²) in [5.41, 5.74) is 1.67. The summed E-state index contributed by atoms with van der Waals surface area (Å²) in [5, 5.41) is 9.12. The number of aromatic carboxylic acids is 1. The van der Waals surface area contributed by atoms with Crippen LogP contribution < -0.4 is 0 Å². The zero-order chi connectivity index (χ0) is 12.4. The smallest absolute Gasteiger partial charge is 0.336 e. The molecule has 86 valence electrons. The molecule has 0 fully saturated rings. The molecule has 0 heterocycles. The van der Waals surface area contributed by atoms with Gasteiger partial charge in [0.2, 0.25) is 0 Å². The van der Waals surface area contributed by atoms with Crippen molar-refractivity contribution in [3.63, 3.8) is 0 Å². The second-order valence-electron chi connectivity index (χ2n) is 3.83. The first-order valence-corrected chi connectivity index (χ1v) is 5.18. The Balaban J connectivity index is 2.68. The van der Waals surface area contributed by atoms with Crippen molar-refractivity contribution >= 4 is 5.97 Å². The van der Waals surface area contributed by atoms with Gasteiger partial charge in [-0.15, -0.1) is 0 Å². The monoisotopic (exact) mass is 230 g/mol. The van der Waals surface area contributed by atoms with E-state index in [2.05, 4.69) is 0 Å². The Morgan fingerprint density at radius 1 is 1.12 bits per heavy atom. The molecule has 2 aromatic rings. The third-order valence-electron chi connectivity index (χ3n) is 2.57. The van der Waals surface area contributed by atoms with Crippen LogP contribution in [0.2, 0.25) is 0 Å². The maximum absolute atomic E-state index is 13.6. The minimum Gasteiger partial charge on any atom is -0.478 e. The largest absolute Gasteiger partial charge is 0.478 e. The highest BCUT2D eigenvalue weighted by Crippen LogP contribution is 2.27. The van der Waals surface area contributed by atoms with Crippen LogP contribution in [-0.4, -0.2) is 11.1 Å². The minimum atomic E-state index is -1.05. The second-order valence-corrected chi connectivity index (χ2v) is 3.83. The highest BCUT2D eigenvalue weighted by molar-refractivity contribution is 5.96. The molecule has 0 aliphatic rings. The summed E-state index contributed by atoms with van der Waals surface area (Å²) in [5.74, 6) is -1.47. The van der Waals surface area contributed by atoms with E-state index in [0.717, 1.165) is 5.56 Å². The van der Waals surface area contributed by atoms with E-state index in [4.69, 9.17) is 5.11 Å². The fraction of sp³-hybridized carbons (Fsp3) is 0.0714. The summed E-state index contributed by atoms with van der Waals surface area (Å²) in [6, 6.07) is 11.1. The second kappa shape index (κ2) is 4.37. The first-order chi connectivity index (χ1) is 8.09. The number of rotatable bonds is 2. The van der Waals surface area contributed by atoms with Crippen LogP contribution in [0.25, 0.3) is 11.1 Å². The number of aryl methyl sites for hydroxylation is 1. The molecule has 17 heavy (non-hydrogen) atoms. The van der Waals surface area contributed by atoms with Crippen molar-refractivity contribution in [3.8, 4) is 11.1 Å². The van der Waals surface area contributed by atoms with Crippen molar-refractivity contribution in [2.24, 2.45) is 0 Å². The van der Waals surface area contributed by atoms with Crippen LogP contribution in [-0.2, 0) is 0 Å². The maximum Gasteiger partial charge on any atom is 0.336 e. The molecular formula is C14H11FO2. The summed E-state index contributed by atoms with van der Waals surface area (Å²) in [6.07, 6.45) is 0. The number of carboxylic acid groups (broad SMARTS) is 1. The Morgan fingerprint density at radius 3 is 2.47 bits per heavy atom. The van der Waals surface area contributed by atoms with Gasteiger partial charge in [-0.05, 0) is 24.6 Å². The average molecular weight is 230 g/mol. The van der Waals surface area contributed by atoms with E-state index in [-0.39, 0.29) is 5.56 Å². The summed E-state index contributed by atoms with van der Waals surface area (Å²) in [7, 11) is 0. The van der Waals surface area contributed by atoms with Gasteiger partial charge in [0, 0.05) is 5.56 Å². The van der Waals surface area contributed by atoms with Crippen LogP contribution in [0.5, 0.6) is 0 Å². The molecule has 0 amide bonds. The predicted octanol–water partition coefficient (Wildman–Crippen LogP) is 3.50. The lowest BCUT2D eigenvalue weighted by molar-refractivity contribution is 0.0697. The van der Waals surface area contributed by atoms with E-state index >= 15 is 0 Å². The number of hydrogen-bond acceptors (Lipinski definition) is 1. The molecule has 0 spiro atoms. The van der Waals surface area contributed by atoms with Crippen molar-refractivity contribution in [3.05, 3.63) is 59.4 Å². The summed E-state index contributed by atoms with van der Waals surface area (Å²) in [4.78, 5) is 11.1. The maximum atomic E-state index is 13.6. The van der Waals surface area contributed by atoms with E-state index in [0.29, 0.717) is 11.1 Å². The van der Waals surface area contributed by atoms with Gasteiger partial charge in [-0.1, -0.05) is 35.9 Å². The van der Waals surface area contributed by atoms with Crippen LogP contribution in [0.3, 0.4) is 0 Å². The third-order valence-corrected chi connectivity index (χ3v) is 2.57. The lowest BCUT2D eigenvalue weighted by atomic mass is 9.97. The first-order valence-electron chi connectivity index (χ1n) is 5.18. The molecule has 0 atom stereocenters. The third kappa shape index (κ3) is 2.18. The quantitative estimate of drug-likeness (QED) is 0.857. The SMILES string of the molecule is Cc1ccc(-c2ccccc2F)c(C(=O)O)c1. The molecule has 3 heteroatoms. The number of hydrogen-bond donors (Lipinski definition) is 1. The summed E-state index contributed by atoms with van der Waals surface area (Å²) < 4.78 is 13.6. The van der Waals surface area contributed by atoms with Gasteiger partial charge in [0.15, 0.2) is 0 Å². The van der Waals surface area contributed by atoms with Crippen molar-refractivity contribution in [2.75, 3.05) is 0 Å². The fourth-order valence-corrected chi connectivity index (χ4v) is 1.75. The van der Waals surface area contributed by atoms with Crippen molar-refractivity contribution < 1.29 is 14.3 Å². The van der Waals surface area contributed by atoms with Crippen LogP contribution in [0.1, 0.15) is 15.9 Å². The van der Waals surface area contributed by atoms with E-state index in [1.54, 1.807) is 43.3 Å². The lowest BCUT2D eigenvalue weighted by Gasteiger charge is -2.08. The predicted molar refractivity (Wildman–Crippen MR) is 63.5 cm³/mol. The minimum absolute atomic E-state index is 0.120. The number of carbonyl (C=O) groups is 1. The van der Waals surface area contributed by atoms with Gasteiger partial charge in [-0.3, -0.25) is 0 Å². The van der Waals surface area contributed by atoms with Gasteiger partial charge in [0.1, 0.15) is 5.82 Å². The number of benzene rings is 2. The normalized spacial score (nSPS) is 10.2. The Bertz CT molecular complexity index is 576. The first kappa shape index (κ1) is 11.3. The molecule has 0 unspecified atom stereocenters. The molecule has 0 aliphatic heterocycles. The van der Waals surface area contributed by atoms with Crippen molar-refractivity contribution in [2.45, 2.75) is 6.92 Å². The number of halogens is 1. The van der Waals surface area contributed by atoms with Gasteiger partial charge in [-0.2, -0.15) is 0 Å².